The maximum absolute atomic E-state index is 14.9. The van der Waals surface area contributed by atoms with Crippen molar-refractivity contribution < 1.29 is 13.6 Å². The zero-order valence-electron chi connectivity index (χ0n) is 16.1. The van der Waals surface area contributed by atoms with E-state index < -0.39 is 23.1 Å². The summed E-state index contributed by atoms with van der Waals surface area (Å²) in [5, 5.41) is 6.66. The van der Waals surface area contributed by atoms with Gasteiger partial charge in [0.15, 0.2) is 0 Å². The summed E-state index contributed by atoms with van der Waals surface area (Å²) in [7, 11) is 0. The minimum Gasteiger partial charge on any atom is -0.375 e. The minimum atomic E-state index is -0.903. The van der Waals surface area contributed by atoms with E-state index in [1.807, 2.05) is 30.3 Å². The van der Waals surface area contributed by atoms with Crippen LogP contribution in [0.4, 0.5) is 14.5 Å². The summed E-state index contributed by atoms with van der Waals surface area (Å²) in [6.07, 6.45) is 0.216. The maximum Gasteiger partial charge on any atom is 0.249 e. The monoisotopic (exact) mass is 439 g/mol. The number of halogens is 3. The molecule has 0 bridgehead atoms. The lowest BCUT2D eigenvalue weighted by molar-refractivity contribution is 0.100. The first-order valence-electron chi connectivity index (χ1n) is 9.32. The van der Waals surface area contributed by atoms with Crippen LogP contribution in [0.3, 0.4) is 0 Å². The third kappa shape index (κ3) is 3.46. The van der Waals surface area contributed by atoms with Crippen LogP contribution in [0.2, 0.25) is 5.02 Å². The van der Waals surface area contributed by atoms with Gasteiger partial charge in [0.1, 0.15) is 11.6 Å². The van der Waals surface area contributed by atoms with E-state index in [1.165, 1.54) is 18.2 Å². The number of nitrogens with one attached hydrogen (secondary N) is 1. The normalized spacial score (nSPS) is 16.9. The molecule has 3 N–H and O–H groups in total. The van der Waals surface area contributed by atoms with Gasteiger partial charge in [-0.1, -0.05) is 53.1 Å². The lowest BCUT2D eigenvalue weighted by Crippen LogP contribution is -2.36. The molecule has 31 heavy (non-hydrogen) atoms. The van der Waals surface area contributed by atoms with Gasteiger partial charge in [0, 0.05) is 33.7 Å². The first-order chi connectivity index (χ1) is 14.9. The van der Waals surface area contributed by atoms with Crippen LogP contribution in [-0.2, 0) is 12.0 Å². The van der Waals surface area contributed by atoms with E-state index in [1.54, 1.807) is 0 Å². The topological polar surface area (TPSA) is 104 Å². The van der Waals surface area contributed by atoms with Gasteiger partial charge >= 0.3 is 0 Å². The Hall–Kier alpha value is -3.61. The van der Waals surface area contributed by atoms with Crippen LogP contribution in [0.5, 0.6) is 0 Å². The van der Waals surface area contributed by atoms with Crippen LogP contribution >= 0.6 is 11.6 Å². The van der Waals surface area contributed by atoms with E-state index in [0.717, 1.165) is 11.6 Å². The van der Waals surface area contributed by atoms with Crippen molar-refractivity contribution in [2.24, 2.45) is 10.8 Å². The van der Waals surface area contributed by atoms with Gasteiger partial charge in [0.05, 0.1) is 17.1 Å². The van der Waals surface area contributed by atoms with Crippen molar-refractivity contribution in [3.63, 3.8) is 0 Å². The molecule has 9 heteroatoms. The predicted molar refractivity (Wildman–Crippen MR) is 115 cm³/mol. The summed E-state index contributed by atoms with van der Waals surface area (Å²) in [6.45, 7) is 0.0147. The lowest BCUT2D eigenvalue weighted by atomic mass is 9.84. The number of amides is 1. The van der Waals surface area contributed by atoms with E-state index >= 15 is 0 Å². The summed E-state index contributed by atoms with van der Waals surface area (Å²) < 4.78 is 29.7. The number of carbonyl (C=O) groups is 1. The third-order valence-electron chi connectivity index (χ3n) is 5.44. The Balaban J connectivity index is 1.99. The largest absolute Gasteiger partial charge is 0.375 e. The number of azide groups is 1. The zero-order chi connectivity index (χ0) is 22.2. The highest BCUT2D eigenvalue weighted by Crippen LogP contribution is 2.48. The first kappa shape index (κ1) is 20.7. The highest BCUT2D eigenvalue weighted by Gasteiger charge is 2.41. The number of primary amides is 1. The average molecular weight is 440 g/mol. The molecule has 0 unspecified atom stereocenters. The molecule has 1 heterocycles. The van der Waals surface area contributed by atoms with Crippen molar-refractivity contribution in [1.29, 1.82) is 0 Å². The molecule has 1 atom stereocenters. The molecule has 3 aromatic rings. The summed E-state index contributed by atoms with van der Waals surface area (Å²) in [5.74, 6) is -2.40. The molecule has 0 saturated heterocycles. The quantitative estimate of drug-likeness (QED) is 0.309. The number of hydrogen-bond donors (Lipinski definition) is 2. The Labute approximate surface area is 181 Å². The average Bonchev–Trinajstić information content (AvgIpc) is 3.13. The molecule has 3 aromatic carbocycles. The van der Waals surface area contributed by atoms with Crippen molar-refractivity contribution in [2.75, 3.05) is 11.9 Å². The maximum atomic E-state index is 14.9. The van der Waals surface area contributed by atoms with Crippen LogP contribution in [0, 0.1) is 11.6 Å². The molecule has 0 saturated carbocycles. The van der Waals surface area contributed by atoms with E-state index in [0.29, 0.717) is 11.3 Å². The second-order valence-electron chi connectivity index (χ2n) is 7.24. The van der Waals surface area contributed by atoms with E-state index in [-0.39, 0.29) is 34.7 Å². The number of carbonyl (C=O) groups excluding carboxylic acids is 1. The second kappa shape index (κ2) is 7.91. The molecule has 0 spiro atoms. The van der Waals surface area contributed by atoms with Crippen LogP contribution in [-0.4, -0.2) is 12.5 Å². The van der Waals surface area contributed by atoms with Gasteiger partial charge < -0.3 is 11.1 Å². The van der Waals surface area contributed by atoms with Gasteiger partial charge in [0.25, 0.3) is 0 Å². The molecule has 0 aromatic heterocycles. The third-order valence-corrected chi connectivity index (χ3v) is 5.81. The zero-order valence-corrected chi connectivity index (χ0v) is 16.8. The molecule has 1 aliphatic rings. The highest BCUT2D eigenvalue weighted by molar-refractivity contribution is 6.34. The van der Waals surface area contributed by atoms with Crippen molar-refractivity contribution in [2.45, 2.75) is 12.0 Å². The molecule has 156 valence electrons. The number of rotatable bonds is 5. The molecule has 1 aliphatic heterocycles. The van der Waals surface area contributed by atoms with Gasteiger partial charge in [-0.2, -0.15) is 0 Å². The van der Waals surface area contributed by atoms with Gasteiger partial charge in [-0.3, -0.25) is 4.79 Å². The van der Waals surface area contributed by atoms with Crippen LogP contribution < -0.4 is 11.1 Å². The SMILES string of the molecule is [N-]=[N+]=NC[C@@]1(c2ccccc2)Cc2c(cc(F)c(Cl)c2-c2c(F)cccc2C(N)=O)N1. The Morgan fingerprint density at radius 3 is 2.58 bits per heavy atom. The van der Waals surface area contributed by atoms with Crippen LogP contribution in [0.1, 0.15) is 21.5 Å². The number of fused-ring (bicyclic) bond motifs is 1. The molecule has 6 nitrogen and oxygen atoms in total. The van der Waals surface area contributed by atoms with E-state index in [9.17, 15) is 13.6 Å². The summed E-state index contributed by atoms with van der Waals surface area (Å²) in [5.41, 5.74) is 14.9. The summed E-state index contributed by atoms with van der Waals surface area (Å²) >= 11 is 6.30. The van der Waals surface area contributed by atoms with E-state index in [4.69, 9.17) is 22.9 Å². The molecule has 4 rings (SSSR count). The van der Waals surface area contributed by atoms with Gasteiger partial charge in [0.2, 0.25) is 5.91 Å². The lowest BCUT2D eigenvalue weighted by Gasteiger charge is -2.29. The summed E-state index contributed by atoms with van der Waals surface area (Å²) in [4.78, 5) is 14.8. The minimum absolute atomic E-state index is 0.0147. The second-order valence-corrected chi connectivity index (χ2v) is 7.62. The molecular weight excluding hydrogens is 424 g/mol. The van der Waals surface area contributed by atoms with Gasteiger partial charge in [-0.05, 0) is 34.9 Å². The Bertz CT molecular complexity index is 1240. The Morgan fingerprint density at radius 1 is 1.16 bits per heavy atom. The van der Waals surface area contributed by atoms with Crippen molar-refractivity contribution >= 4 is 23.2 Å². The van der Waals surface area contributed by atoms with Crippen LogP contribution in [0.25, 0.3) is 21.6 Å². The Morgan fingerprint density at radius 2 is 1.90 bits per heavy atom. The Kier molecular flexibility index (Phi) is 5.27. The van der Waals surface area contributed by atoms with Gasteiger partial charge in [-0.15, -0.1) is 0 Å². The number of nitrogens with zero attached hydrogens (tertiary/aromatic N) is 3. The molecule has 0 radical (unpaired) electrons. The first-order valence-corrected chi connectivity index (χ1v) is 9.70. The van der Waals surface area contributed by atoms with Crippen molar-refractivity contribution in [3.8, 4) is 11.1 Å². The van der Waals surface area contributed by atoms with Gasteiger partial charge in [-0.25, -0.2) is 8.78 Å². The molecule has 0 fully saturated rings. The van der Waals surface area contributed by atoms with Crippen molar-refractivity contribution in [3.05, 3.63) is 98.4 Å². The number of benzene rings is 3. The fourth-order valence-corrected chi connectivity index (χ4v) is 4.34. The predicted octanol–water partition coefficient (Wildman–Crippen LogP) is 5.56. The fraction of sp³-hybridized carbons (Fsp3) is 0.136. The number of hydrogen-bond acceptors (Lipinski definition) is 3. The fourth-order valence-electron chi connectivity index (χ4n) is 4.08. The number of anilines is 1. The molecular formula is C22H16ClF2N5O. The smallest absolute Gasteiger partial charge is 0.249 e. The highest BCUT2D eigenvalue weighted by atomic mass is 35.5. The van der Waals surface area contributed by atoms with Crippen LogP contribution in [0.15, 0.2) is 59.7 Å². The molecule has 1 amide bonds. The standard InChI is InChI=1S/C22H16ClF2N5O/c23-20-16(25)9-17-14(19(20)18-13(21(26)31)7-4-8-15(18)24)10-22(29-17,11-28-30-27)12-5-2-1-3-6-12/h1-9,29H,10-11H2,(H2,26,31)/t22-/m1/s1. The number of nitrogens with two attached hydrogens (primary N) is 1. The summed E-state index contributed by atoms with van der Waals surface area (Å²) in [6, 6.07) is 14.3. The van der Waals surface area contributed by atoms with E-state index in [2.05, 4.69) is 15.3 Å². The molecule has 0 aliphatic carbocycles. The van der Waals surface area contributed by atoms with Crippen molar-refractivity contribution in [1.82, 2.24) is 0 Å².